The van der Waals surface area contributed by atoms with Crippen LogP contribution in [0.1, 0.15) is 83.4 Å². The van der Waals surface area contributed by atoms with Crippen LogP contribution in [0.3, 0.4) is 0 Å². The molecule has 0 aliphatic carbocycles. The summed E-state index contributed by atoms with van der Waals surface area (Å²) in [5.74, 6) is 1.46. The zero-order valence-corrected chi connectivity index (χ0v) is 31.9. The van der Waals surface area contributed by atoms with Gasteiger partial charge in [0, 0.05) is 25.2 Å². The molecule has 286 valence electrons. The number of fused-ring (bicyclic) bond motifs is 1. The van der Waals surface area contributed by atoms with E-state index in [9.17, 15) is 14.4 Å². The van der Waals surface area contributed by atoms with Gasteiger partial charge in [-0.15, -0.1) is 0 Å². The number of methoxy groups -OCH3 is 2. The number of carbonyl (C=O) groups is 3. The number of nitrogens with zero attached hydrogens (tertiary/aromatic N) is 4. The van der Waals surface area contributed by atoms with Gasteiger partial charge in [0.15, 0.2) is 0 Å². The van der Waals surface area contributed by atoms with Crippen molar-refractivity contribution in [2.24, 2.45) is 5.92 Å². The zero-order valence-electron chi connectivity index (χ0n) is 31.9. The smallest absolute Gasteiger partial charge is 0.407 e. The van der Waals surface area contributed by atoms with Crippen LogP contribution >= 0.6 is 0 Å². The van der Waals surface area contributed by atoms with E-state index in [0.29, 0.717) is 12.6 Å². The Hall–Kier alpha value is -5.17. The SMILES string of the molecule is COC(=O)N[C@@H]1CCC[C@H]2CC[C@@H](c3ncc(-c4ccc(-c5ccc(-c6cnc([C@@]7(C)CCCN7C(=O)[C@@H](NC(=O)OC)C(C)C)[nH]6)cc5)cc4)[nH]3)N2C1. The summed E-state index contributed by atoms with van der Waals surface area (Å²) in [6.45, 7) is 7.24. The van der Waals surface area contributed by atoms with E-state index in [-0.39, 0.29) is 30.0 Å². The number of likely N-dealkylation sites (tertiary alicyclic amines) is 1. The van der Waals surface area contributed by atoms with Crippen LogP contribution in [0.4, 0.5) is 9.59 Å². The summed E-state index contributed by atoms with van der Waals surface area (Å²) in [5, 5.41) is 5.74. The van der Waals surface area contributed by atoms with Gasteiger partial charge in [0.05, 0.1) is 49.6 Å². The van der Waals surface area contributed by atoms with Gasteiger partial charge in [-0.25, -0.2) is 19.6 Å². The minimum absolute atomic E-state index is 0.0708. The van der Waals surface area contributed by atoms with Gasteiger partial charge < -0.3 is 35.0 Å². The molecule has 0 bridgehead atoms. The Morgan fingerprint density at radius 1 is 0.815 bits per heavy atom. The lowest BCUT2D eigenvalue weighted by Gasteiger charge is -2.37. The fourth-order valence-corrected chi connectivity index (χ4v) is 8.61. The molecule has 0 radical (unpaired) electrons. The van der Waals surface area contributed by atoms with Crippen LogP contribution in [0.2, 0.25) is 0 Å². The van der Waals surface area contributed by atoms with E-state index in [1.54, 1.807) is 0 Å². The molecule has 0 spiro atoms. The van der Waals surface area contributed by atoms with Gasteiger partial charge in [-0.2, -0.15) is 0 Å². The number of alkyl carbamates (subject to hydrolysis) is 2. The van der Waals surface area contributed by atoms with Crippen LogP contribution in [-0.4, -0.2) is 93.3 Å². The number of aromatic amines is 2. The van der Waals surface area contributed by atoms with Crippen LogP contribution in [0.15, 0.2) is 60.9 Å². The van der Waals surface area contributed by atoms with Crippen LogP contribution in [0, 0.1) is 5.92 Å². The van der Waals surface area contributed by atoms with Crippen LogP contribution in [0.25, 0.3) is 33.6 Å². The summed E-state index contributed by atoms with van der Waals surface area (Å²) >= 11 is 0. The maximum atomic E-state index is 13.7. The highest BCUT2D eigenvalue weighted by atomic mass is 16.5. The average Bonchev–Trinajstić information content (AvgIpc) is 4.00. The van der Waals surface area contributed by atoms with Gasteiger partial charge in [-0.05, 0) is 80.0 Å². The standard InChI is InChI=1S/C41H52N8O5/c1-25(2)35(47-40(52)54-5)37(50)49-21-7-20-41(49,3)38-43-23-33(46-38)29-16-12-27(13-17-29)26-10-14-28(15-11-26)32-22-42-36(45-32)34-19-18-31-9-6-8-30(24-48(31)34)44-39(51)53-4/h10-17,22-23,25,30-31,34-35H,6-9,18-21,24H2,1-5H3,(H,42,45)(H,43,46)(H,44,51)(H,47,52)/t30-,31+,34+,35+,41-/m1/s1. The van der Waals surface area contributed by atoms with Crippen molar-refractivity contribution >= 4 is 18.1 Å². The van der Waals surface area contributed by atoms with Crippen molar-refractivity contribution in [3.8, 4) is 33.6 Å². The van der Waals surface area contributed by atoms with Crippen molar-refractivity contribution in [3.63, 3.8) is 0 Å². The number of ether oxygens (including phenoxy) is 2. The maximum Gasteiger partial charge on any atom is 0.407 e. The van der Waals surface area contributed by atoms with Crippen molar-refractivity contribution in [1.82, 2.24) is 40.4 Å². The van der Waals surface area contributed by atoms with Crippen LogP contribution < -0.4 is 10.6 Å². The van der Waals surface area contributed by atoms with E-state index < -0.39 is 17.7 Å². The third-order valence-corrected chi connectivity index (χ3v) is 11.7. The average molecular weight is 737 g/mol. The number of aromatic nitrogens is 4. The monoisotopic (exact) mass is 736 g/mol. The minimum atomic E-state index is -0.695. The summed E-state index contributed by atoms with van der Waals surface area (Å²) in [6.07, 6.45) is 9.73. The third kappa shape index (κ3) is 7.46. The predicted octanol–water partition coefficient (Wildman–Crippen LogP) is 6.77. The molecular weight excluding hydrogens is 685 g/mol. The summed E-state index contributed by atoms with van der Waals surface area (Å²) in [5.41, 5.74) is 5.51. The van der Waals surface area contributed by atoms with Gasteiger partial charge in [-0.3, -0.25) is 9.69 Å². The second-order valence-electron chi connectivity index (χ2n) is 15.4. The first kappa shape index (κ1) is 37.2. The van der Waals surface area contributed by atoms with Crippen molar-refractivity contribution < 1.29 is 23.9 Å². The van der Waals surface area contributed by atoms with E-state index >= 15 is 0 Å². The highest BCUT2D eigenvalue weighted by molar-refractivity contribution is 5.87. The number of hydrogen-bond donors (Lipinski definition) is 4. The maximum absolute atomic E-state index is 13.7. The number of nitrogens with one attached hydrogen (secondary N) is 4. The molecule has 3 aliphatic rings. The molecule has 4 aromatic rings. The quantitative estimate of drug-likeness (QED) is 0.147. The van der Waals surface area contributed by atoms with Gasteiger partial charge in [0.2, 0.25) is 5.91 Å². The molecule has 2 aromatic heterocycles. The van der Waals surface area contributed by atoms with Crippen molar-refractivity contribution in [2.75, 3.05) is 27.3 Å². The van der Waals surface area contributed by atoms with E-state index in [0.717, 1.165) is 96.8 Å². The molecule has 7 rings (SSSR count). The Bertz CT molecular complexity index is 1940. The van der Waals surface area contributed by atoms with Crippen molar-refractivity contribution in [1.29, 1.82) is 0 Å². The Balaban J connectivity index is 1.01. The lowest BCUT2D eigenvalue weighted by molar-refractivity contribution is -0.138. The minimum Gasteiger partial charge on any atom is -0.453 e. The summed E-state index contributed by atoms with van der Waals surface area (Å²) in [7, 11) is 2.71. The van der Waals surface area contributed by atoms with Crippen molar-refractivity contribution in [2.45, 2.75) is 95.4 Å². The molecule has 0 saturated carbocycles. The van der Waals surface area contributed by atoms with Gasteiger partial charge in [0.1, 0.15) is 17.7 Å². The van der Waals surface area contributed by atoms with Crippen LogP contribution in [0.5, 0.6) is 0 Å². The first-order chi connectivity index (χ1) is 26.1. The lowest BCUT2D eigenvalue weighted by atomic mass is 9.95. The highest BCUT2D eigenvalue weighted by Crippen LogP contribution is 2.40. The van der Waals surface area contributed by atoms with E-state index in [1.807, 2.05) is 38.1 Å². The molecule has 0 unspecified atom stereocenters. The molecule has 3 amide bonds. The number of imidazole rings is 2. The molecule has 4 N–H and O–H groups in total. The molecule has 2 aromatic carbocycles. The Morgan fingerprint density at radius 3 is 2.09 bits per heavy atom. The van der Waals surface area contributed by atoms with Gasteiger partial charge >= 0.3 is 12.2 Å². The second kappa shape index (κ2) is 15.7. The highest BCUT2D eigenvalue weighted by Gasteiger charge is 2.46. The van der Waals surface area contributed by atoms with Gasteiger partial charge in [-0.1, -0.05) is 62.4 Å². The molecule has 5 atom stereocenters. The normalized spacial score (nSPS) is 23.4. The molecule has 3 fully saturated rings. The first-order valence-electron chi connectivity index (χ1n) is 19.2. The Kier molecular flexibility index (Phi) is 10.8. The molecule has 13 heteroatoms. The summed E-state index contributed by atoms with van der Waals surface area (Å²) < 4.78 is 9.65. The predicted molar refractivity (Wildman–Crippen MR) is 205 cm³/mol. The fraction of sp³-hybridized carbons (Fsp3) is 0.488. The van der Waals surface area contributed by atoms with Crippen molar-refractivity contribution in [3.05, 3.63) is 72.6 Å². The molecule has 3 aliphatic heterocycles. The molecule has 13 nitrogen and oxygen atoms in total. The largest absolute Gasteiger partial charge is 0.453 e. The number of carbonyl (C=O) groups excluding carboxylic acids is 3. The van der Waals surface area contributed by atoms with Gasteiger partial charge in [0.25, 0.3) is 0 Å². The second-order valence-corrected chi connectivity index (χ2v) is 15.4. The number of H-pyrrole nitrogens is 2. The van der Waals surface area contributed by atoms with Crippen LogP contribution in [-0.2, 0) is 19.8 Å². The zero-order chi connectivity index (χ0) is 38.0. The molecule has 3 saturated heterocycles. The fourth-order valence-electron chi connectivity index (χ4n) is 8.61. The molecule has 5 heterocycles. The lowest BCUT2D eigenvalue weighted by Crippen LogP contribution is -2.55. The topological polar surface area (TPSA) is 158 Å². The summed E-state index contributed by atoms with van der Waals surface area (Å²) in [6, 6.07) is 17.0. The number of hydrogen-bond acceptors (Lipinski definition) is 8. The Labute approximate surface area is 316 Å². The van der Waals surface area contributed by atoms with E-state index in [2.05, 4.69) is 74.0 Å². The number of rotatable bonds is 9. The third-order valence-electron chi connectivity index (χ3n) is 11.7. The number of amides is 3. The summed E-state index contributed by atoms with van der Waals surface area (Å²) in [4.78, 5) is 58.7. The van der Waals surface area contributed by atoms with E-state index in [4.69, 9.17) is 19.4 Å². The Morgan fingerprint density at radius 2 is 1.44 bits per heavy atom. The number of benzene rings is 2. The first-order valence-corrected chi connectivity index (χ1v) is 19.2. The van der Waals surface area contributed by atoms with E-state index in [1.165, 1.54) is 14.2 Å². The molecule has 54 heavy (non-hydrogen) atoms. The molecular formula is C41H52N8O5.